The highest BCUT2D eigenvalue weighted by Crippen LogP contribution is 2.28. The first-order chi connectivity index (χ1) is 10.2. The first kappa shape index (κ1) is 16.9. The summed E-state index contributed by atoms with van der Waals surface area (Å²) in [6.45, 7) is 3.94. The lowest BCUT2D eigenvalue weighted by Gasteiger charge is -2.20. The van der Waals surface area contributed by atoms with E-state index < -0.39 is 21.5 Å². The van der Waals surface area contributed by atoms with Gasteiger partial charge in [0.2, 0.25) is 10.0 Å². The Balaban J connectivity index is 2.23. The zero-order chi connectivity index (χ0) is 16.5. The predicted molar refractivity (Wildman–Crippen MR) is 82.7 cm³/mol. The Morgan fingerprint density at radius 3 is 2.45 bits per heavy atom. The van der Waals surface area contributed by atoms with E-state index in [1.807, 2.05) is 0 Å². The lowest BCUT2D eigenvalue weighted by atomic mass is 9.99. The molecule has 22 heavy (non-hydrogen) atoms. The van der Waals surface area contributed by atoms with Gasteiger partial charge in [0.1, 0.15) is 0 Å². The molecule has 1 amide bonds. The van der Waals surface area contributed by atoms with Crippen LogP contribution in [-0.4, -0.2) is 42.4 Å². The summed E-state index contributed by atoms with van der Waals surface area (Å²) in [6.07, 6.45) is 0.996. The molecule has 0 spiro atoms. The van der Waals surface area contributed by atoms with Crippen LogP contribution in [0.5, 0.6) is 0 Å². The minimum Gasteiger partial charge on any atom is -0.379 e. The Bertz CT molecular complexity index is 657. The molecule has 1 aromatic rings. The number of nitrogens with zero attached hydrogens (tertiary/aromatic N) is 1. The molecule has 1 aromatic carbocycles. The van der Waals surface area contributed by atoms with Gasteiger partial charge in [-0.05, 0) is 30.0 Å². The lowest BCUT2D eigenvalue weighted by Crippen LogP contribution is -2.46. The van der Waals surface area contributed by atoms with Crippen LogP contribution in [0.3, 0.4) is 0 Å². The van der Waals surface area contributed by atoms with Gasteiger partial charge in [-0.25, -0.2) is 8.42 Å². The maximum absolute atomic E-state index is 12.6. The fourth-order valence-electron chi connectivity index (χ4n) is 2.52. The number of hydrogen-bond acceptors (Lipinski definition) is 4. The molecule has 1 heterocycles. The third-order valence-electron chi connectivity index (χ3n) is 4.37. The average molecular weight is 326 g/mol. The second-order valence-electron chi connectivity index (χ2n) is 5.86. The van der Waals surface area contributed by atoms with Crippen LogP contribution in [0.2, 0.25) is 0 Å². The van der Waals surface area contributed by atoms with Crippen LogP contribution < -0.4 is 5.73 Å². The van der Waals surface area contributed by atoms with Crippen molar-refractivity contribution in [3.8, 4) is 0 Å². The molecule has 6 nitrogen and oxygen atoms in total. The van der Waals surface area contributed by atoms with Gasteiger partial charge >= 0.3 is 0 Å². The molecule has 1 aliphatic rings. The Morgan fingerprint density at radius 1 is 1.41 bits per heavy atom. The molecule has 1 fully saturated rings. The van der Waals surface area contributed by atoms with E-state index in [1.165, 1.54) is 0 Å². The minimum atomic E-state index is -3.73. The molecule has 0 aromatic heterocycles. The van der Waals surface area contributed by atoms with E-state index in [-0.39, 0.29) is 24.4 Å². The number of carbonyl (C=O) groups is 1. The molecule has 0 radical (unpaired) electrons. The van der Waals surface area contributed by atoms with Crippen LogP contribution >= 0.6 is 0 Å². The van der Waals surface area contributed by atoms with Gasteiger partial charge in [0.25, 0.3) is 5.91 Å². The monoisotopic (exact) mass is 326 g/mol. The van der Waals surface area contributed by atoms with Gasteiger partial charge in [-0.3, -0.25) is 4.79 Å². The molecule has 0 saturated carbocycles. The summed E-state index contributed by atoms with van der Waals surface area (Å²) in [6, 6.07) is 6.74. The molecule has 0 bridgehead atoms. The van der Waals surface area contributed by atoms with Crippen molar-refractivity contribution in [3.63, 3.8) is 0 Å². The van der Waals surface area contributed by atoms with E-state index in [4.69, 9.17) is 5.73 Å². The van der Waals surface area contributed by atoms with Crippen molar-refractivity contribution in [2.45, 2.75) is 43.1 Å². The van der Waals surface area contributed by atoms with Gasteiger partial charge in [0.05, 0.1) is 11.4 Å². The normalized spacial score (nSPS) is 24.3. The molecule has 7 heteroatoms. The summed E-state index contributed by atoms with van der Waals surface area (Å²) in [5.41, 5.74) is 4.44. The number of sulfonamides is 1. The van der Waals surface area contributed by atoms with E-state index in [0.717, 1.165) is 16.3 Å². The van der Waals surface area contributed by atoms with Crippen LogP contribution in [-0.2, 0) is 14.8 Å². The highest BCUT2D eigenvalue weighted by atomic mass is 32.2. The smallest absolute Gasteiger partial charge is 0.250 e. The highest BCUT2D eigenvalue weighted by Gasteiger charge is 2.45. The Kier molecular flexibility index (Phi) is 4.60. The number of rotatable bonds is 5. The molecule has 2 atom stereocenters. The molecule has 3 N–H and O–H groups in total. The summed E-state index contributed by atoms with van der Waals surface area (Å²) < 4.78 is 26.2. The minimum absolute atomic E-state index is 0.0204. The van der Waals surface area contributed by atoms with Crippen molar-refractivity contribution >= 4 is 15.9 Å². The maximum atomic E-state index is 12.6. The van der Waals surface area contributed by atoms with Gasteiger partial charge in [0.15, 0.2) is 5.60 Å². The van der Waals surface area contributed by atoms with Crippen LogP contribution in [0, 0.1) is 0 Å². The number of β-amino-alcohol motifs (C(OH)–C–C–N with tert-alkyl or cyclic N) is 1. The van der Waals surface area contributed by atoms with Gasteiger partial charge in [0, 0.05) is 13.0 Å². The summed E-state index contributed by atoms with van der Waals surface area (Å²) in [5.74, 6) is -0.527. The van der Waals surface area contributed by atoms with Crippen molar-refractivity contribution in [1.29, 1.82) is 0 Å². The lowest BCUT2D eigenvalue weighted by molar-refractivity contribution is -0.134. The fraction of sp³-hybridized carbons (Fsp3) is 0.533. The summed E-state index contributed by atoms with van der Waals surface area (Å²) >= 11 is 0. The molecular formula is C15H22N2O4S. The summed E-state index contributed by atoms with van der Waals surface area (Å²) in [5, 5.41) is 10.0. The zero-order valence-electron chi connectivity index (χ0n) is 12.8. The molecular weight excluding hydrogens is 304 g/mol. The van der Waals surface area contributed by atoms with Crippen LogP contribution in [0.4, 0.5) is 0 Å². The first-order valence-electron chi connectivity index (χ1n) is 7.33. The Morgan fingerprint density at radius 2 is 2.00 bits per heavy atom. The number of benzene rings is 1. The molecule has 1 saturated heterocycles. The second-order valence-corrected chi connectivity index (χ2v) is 7.80. The standard InChI is InChI=1S/C15H22N2O4S/c1-3-11(2)12-4-6-13(7-5-12)22(20,21)17-9-8-15(19,10-17)14(16)18/h4-7,11,19H,3,8-10H2,1-2H3,(H2,16,18)/t11-,15+/m0/s1. The fourth-order valence-corrected chi connectivity index (χ4v) is 4.01. The SMILES string of the molecule is CC[C@H](C)c1ccc(S(=O)(=O)N2CC[C@](O)(C(N)=O)C2)cc1. The number of primary amides is 1. The third-order valence-corrected chi connectivity index (χ3v) is 6.23. The number of nitrogens with two attached hydrogens (primary N) is 1. The van der Waals surface area contributed by atoms with Gasteiger partial charge in [-0.2, -0.15) is 4.31 Å². The van der Waals surface area contributed by atoms with Gasteiger partial charge < -0.3 is 10.8 Å². The largest absolute Gasteiger partial charge is 0.379 e. The molecule has 1 aliphatic heterocycles. The third kappa shape index (κ3) is 3.02. The zero-order valence-corrected chi connectivity index (χ0v) is 13.6. The van der Waals surface area contributed by atoms with Crippen molar-refractivity contribution in [1.82, 2.24) is 4.31 Å². The topological polar surface area (TPSA) is 101 Å². The van der Waals surface area contributed by atoms with Crippen molar-refractivity contribution in [2.75, 3.05) is 13.1 Å². The molecule has 0 aliphatic carbocycles. The highest BCUT2D eigenvalue weighted by molar-refractivity contribution is 7.89. The van der Waals surface area contributed by atoms with E-state index in [2.05, 4.69) is 13.8 Å². The quantitative estimate of drug-likeness (QED) is 0.836. The number of hydrogen-bond donors (Lipinski definition) is 2. The number of aliphatic hydroxyl groups is 1. The van der Waals surface area contributed by atoms with Crippen molar-refractivity contribution < 1.29 is 18.3 Å². The summed E-state index contributed by atoms with van der Waals surface area (Å²) in [7, 11) is -3.73. The maximum Gasteiger partial charge on any atom is 0.250 e. The second kappa shape index (κ2) is 5.98. The molecule has 2 rings (SSSR count). The van der Waals surface area contributed by atoms with E-state index in [1.54, 1.807) is 24.3 Å². The number of carbonyl (C=O) groups excluding carboxylic acids is 1. The van der Waals surface area contributed by atoms with Crippen molar-refractivity contribution in [2.24, 2.45) is 5.73 Å². The Hall–Kier alpha value is -1.44. The summed E-state index contributed by atoms with van der Waals surface area (Å²) in [4.78, 5) is 11.4. The average Bonchev–Trinajstić information content (AvgIpc) is 2.91. The van der Waals surface area contributed by atoms with Gasteiger partial charge in [-0.1, -0.05) is 26.0 Å². The molecule has 0 unspecified atom stereocenters. The van der Waals surface area contributed by atoms with E-state index in [0.29, 0.717) is 5.92 Å². The number of amides is 1. The molecule has 122 valence electrons. The first-order valence-corrected chi connectivity index (χ1v) is 8.77. The van der Waals surface area contributed by atoms with Gasteiger partial charge in [-0.15, -0.1) is 0 Å². The van der Waals surface area contributed by atoms with Crippen LogP contribution in [0.1, 0.15) is 38.2 Å². The van der Waals surface area contributed by atoms with Crippen LogP contribution in [0.25, 0.3) is 0 Å². The van der Waals surface area contributed by atoms with E-state index >= 15 is 0 Å². The van der Waals surface area contributed by atoms with Crippen molar-refractivity contribution in [3.05, 3.63) is 29.8 Å². The van der Waals surface area contributed by atoms with E-state index in [9.17, 15) is 18.3 Å². The Labute approximate surface area is 131 Å². The predicted octanol–water partition coefficient (Wildman–Crippen LogP) is 0.811. The van der Waals surface area contributed by atoms with Crippen LogP contribution in [0.15, 0.2) is 29.2 Å².